The molecular weight excluding hydrogens is 270 g/mol. The maximum atomic E-state index is 2.30. The molecule has 0 rings (SSSR count). The number of allylic oxidation sites excluding steroid dienone is 2. The summed E-state index contributed by atoms with van der Waals surface area (Å²) in [6.45, 7) is 4.52. The molecule has 0 fully saturated rings. The van der Waals surface area contributed by atoms with E-state index in [4.69, 9.17) is 0 Å². The predicted molar refractivity (Wildman–Crippen MR) is 75.8 cm³/mol. The molecule has 3 heteroatoms. The largest absolute Gasteiger partial charge is 1.00 e. The van der Waals surface area contributed by atoms with Gasteiger partial charge in [0.2, 0.25) is 0 Å². The molecule has 0 aromatic rings. The summed E-state index contributed by atoms with van der Waals surface area (Å²) in [5, 5.41) is 0. The van der Waals surface area contributed by atoms with Crippen LogP contribution in [0.2, 0.25) is 0 Å². The minimum Gasteiger partial charge on any atom is 1.00 e. The van der Waals surface area contributed by atoms with Crippen molar-refractivity contribution in [1.29, 1.82) is 0 Å². The van der Waals surface area contributed by atoms with E-state index in [0.29, 0.717) is 0 Å². The molecule has 0 aromatic heterocycles. The molecular formula is C16H30CuLi2. The van der Waals surface area contributed by atoms with E-state index in [9.17, 15) is 0 Å². The first-order valence-corrected chi connectivity index (χ1v) is 8.33. The molecule has 107 valence electrons. The standard InChI is InChI=1S/2C8H15.Cu.2Li/c2*1-3-5-7-8-6-4-2;;;/h2*1,3H,4-8H2,2H3;;;/q;;-2;2*+1. The van der Waals surface area contributed by atoms with Gasteiger partial charge in [0.1, 0.15) is 0 Å². The van der Waals surface area contributed by atoms with Gasteiger partial charge in [-0.3, -0.25) is 0 Å². The van der Waals surface area contributed by atoms with Gasteiger partial charge in [0.05, 0.1) is 0 Å². The quantitative estimate of drug-likeness (QED) is 0.353. The van der Waals surface area contributed by atoms with Crippen molar-refractivity contribution in [3.05, 3.63) is 22.1 Å². The van der Waals surface area contributed by atoms with Gasteiger partial charge in [-0.2, -0.15) is 0 Å². The fraction of sp³-hybridized carbons (Fsp3) is 0.750. The van der Waals surface area contributed by atoms with Crippen molar-refractivity contribution < 1.29 is 52.7 Å². The molecule has 0 nitrogen and oxygen atoms in total. The summed E-state index contributed by atoms with van der Waals surface area (Å²) < 4.78 is 0. The molecule has 0 amide bonds. The van der Waals surface area contributed by atoms with Crippen LogP contribution >= 0.6 is 0 Å². The van der Waals surface area contributed by atoms with Crippen LogP contribution in [0.5, 0.6) is 0 Å². The van der Waals surface area contributed by atoms with Crippen LogP contribution in [0.3, 0.4) is 0 Å². The van der Waals surface area contributed by atoms with E-state index >= 15 is 0 Å². The minimum atomic E-state index is 0. The molecule has 0 N–H and O–H groups in total. The van der Waals surface area contributed by atoms with E-state index in [0.717, 1.165) is 0 Å². The van der Waals surface area contributed by atoms with Crippen LogP contribution in [0, 0.1) is 0 Å². The summed E-state index contributed by atoms with van der Waals surface area (Å²) in [7, 11) is 0. The zero-order valence-electron chi connectivity index (χ0n) is 13.7. The van der Waals surface area contributed by atoms with E-state index in [1.54, 1.807) is 0 Å². The van der Waals surface area contributed by atoms with Crippen molar-refractivity contribution in [2.75, 3.05) is 0 Å². The zero-order chi connectivity index (χ0) is 12.6. The molecule has 0 aromatic carbocycles. The first-order valence-electron chi connectivity index (χ1n) is 7.25. The van der Waals surface area contributed by atoms with Crippen molar-refractivity contribution in [1.82, 2.24) is 0 Å². The summed E-state index contributed by atoms with van der Waals surface area (Å²) in [5.41, 5.74) is 0. The molecule has 0 aliphatic carbocycles. The van der Waals surface area contributed by atoms with Crippen molar-refractivity contribution in [2.24, 2.45) is 0 Å². The third-order valence-corrected chi connectivity index (χ3v) is 3.51. The van der Waals surface area contributed by atoms with Gasteiger partial charge in [0.15, 0.2) is 0 Å². The van der Waals surface area contributed by atoms with Gasteiger partial charge in [0.25, 0.3) is 0 Å². The molecule has 0 atom stereocenters. The van der Waals surface area contributed by atoms with Gasteiger partial charge in [-0.1, -0.05) is 0 Å². The second-order valence-corrected chi connectivity index (χ2v) is 5.41. The number of rotatable bonds is 12. The SMILES string of the molecule is CCCCCCC=[CH][Cu-2][CH]=CCCCCCC.[Li+].[Li+]. The Morgan fingerprint density at radius 3 is 1.42 bits per heavy atom. The average molecular weight is 300 g/mol. The second kappa shape index (κ2) is 24.2. The van der Waals surface area contributed by atoms with Crippen molar-refractivity contribution >= 4 is 0 Å². The first-order chi connectivity index (χ1) is 8.41. The smallest absolute Gasteiger partial charge is 1.00 e. The van der Waals surface area contributed by atoms with E-state index in [2.05, 4.69) is 35.9 Å². The number of unbranched alkanes of at least 4 members (excludes halogenated alkanes) is 8. The van der Waals surface area contributed by atoms with Crippen LogP contribution in [-0.4, -0.2) is 0 Å². The zero-order valence-corrected chi connectivity index (χ0v) is 14.6. The summed E-state index contributed by atoms with van der Waals surface area (Å²) in [6.07, 6.45) is 18.0. The van der Waals surface area contributed by atoms with Crippen LogP contribution in [0.15, 0.2) is 22.1 Å². The van der Waals surface area contributed by atoms with Crippen LogP contribution in [-0.2, 0) is 15.0 Å². The van der Waals surface area contributed by atoms with Gasteiger partial charge in [-0.25, -0.2) is 0 Å². The molecule has 0 saturated carbocycles. The Balaban J connectivity index is -0.00000128. The summed E-state index contributed by atoms with van der Waals surface area (Å²) in [4.78, 5) is 4.44. The number of hydrogen-bond donors (Lipinski definition) is 0. The van der Waals surface area contributed by atoms with Crippen molar-refractivity contribution in [3.8, 4) is 0 Å². The molecule has 0 spiro atoms. The molecule has 0 aliphatic heterocycles. The maximum Gasteiger partial charge on any atom is 1.00 e. The summed E-state index contributed by atoms with van der Waals surface area (Å²) in [5.74, 6) is 0. The second-order valence-electron chi connectivity index (χ2n) is 4.47. The van der Waals surface area contributed by atoms with Crippen molar-refractivity contribution in [2.45, 2.75) is 78.1 Å². The Morgan fingerprint density at radius 2 is 1.05 bits per heavy atom. The molecule has 0 unspecified atom stereocenters. The van der Waals surface area contributed by atoms with Gasteiger partial charge < -0.3 is 0 Å². The van der Waals surface area contributed by atoms with Gasteiger partial charge in [-0.15, -0.1) is 0 Å². The Labute approximate surface area is 152 Å². The van der Waals surface area contributed by atoms with Crippen LogP contribution < -0.4 is 37.7 Å². The molecule has 0 bridgehead atoms. The molecule has 0 heterocycles. The third-order valence-electron chi connectivity index (χ3n) is 2.71. The fourth-order valence-electron chi connectivity index (χ4n) is 1.59. The van der Waals surface area contributed by atoms with Crippen LogP contribution in [0.25, 0.3) is 0 Å². The van der Waals surface area contributed by atoms with Crippen LogP contribution in [0.1, 0.15) is 78.1 Å². The summed E-state index contributed by atoms with van der Waals surface area (Å²) in [6, 6.07) is 0. The Bertz CT molecular complexity index is 171. The summed E-state index contributed by atoms with van der Waals surface area (Å²) >= 11 is 1.91. The van der Waals surface area contributed by atoms with Gasteiger partial charge in [-0.05, 0) is 0 Å². The molecule has 0 aliphatic rings. The maximum absolute atomic E-state index is 2.30. The normalized spacial score (nSPS) is 10.8. The van der Waals surface area contributed by atoms with E-state index in [-0.39, 0.29) is 37.7 Å². The minimum absolute atomic E-state index is 0. The van der Waals surface area contributed by atoms with Gasteiger partial charge in [0, 0.05) is 0 Å². The van der Waals surface area contributed by atoms with E-state index < -0.39 is 0 Å². The average Bonchev–Trinajstić information content (AvgIpc) is 2.35. The Morgan fingerprint density at radius 1 is 0.632 bits per heavy atom. The first kappa shape index (κ1) is 25.2. The third kappa shape index (κ3) is 24.6. The predicted octanol–water partition coefficient (Wildman–Crippen LogP) is 0.0451. The Kier molecular flexibility index (Phi) is 32.1. The molecule has 0 saturated heterocycles. The fourth-order valence-corrected chi connectivity index (χ4v) is 2.27. The molecule has 0 radical (unpaired) electrons. The molecule has 19 heavy (non-hydrogen) atoms. The van der Waals surface area contributed by atoms with Crippen molar-refractivity contribution in [3.63, 3.8) is 0 Å². The van der Waals surface area contributed by atoms with E-state index in [1.807, 2.05) is 15.0 Å². The topological polar surface area (TPSA) is 0 Å². The van der Waals surface area contributed by atoms with Crippen LogP contribution in [0.4, 0.5) is 0 Å². The number of hydrogen-bond acceptors (Lipinski definition) is 0. The van der Waals surface area contributed by atoms with E-state index in [1.165, 1.54) is 64.2 Å². The monoisotopic (exact) mass is 299 g/mol. The van der Waals surface area contributed by atoms with Gasteiger partial charge >= 0.3 is 153 Å². The Hall–Kier alpha value is 1.19.